The topological polar surface area (TPSA) is 71.3 Å². The second kappa shape index (κ2) is 10.5. The summed E-state index contributed by atoms with van der Waals surface area (Å²) >= 11 is 6.10. The Kier molecular flexibility index (Phi) is 7.54. The maximum Gasteiger partial charge on any atom is 0.266 e. The molecule has 0 aliphatic heterocycles. The number of rotatable bonds is 7. The van der Waals surface area contributed by atoms with Crippen molar-refractivity contribution in [3.63, 3.8) is 0 Å². The van der Waals surface area contributed by atoms with Crippen molar-refractivity contribution in [1.82, 2.24) is 0 Å². The first kappa shape index (κ1) is 22.9. The molecule has 1 amide bonds. The number of amides is 1. The number of halogens is 1. The number of nitrogens with one attached hydrogen (secondary N) is 1. The van der Waals surface area contributed by atoms with E-state index in [1.54, 1.807) is 43.5 Å². The lowest BCUT2D eigenvalue weighted by molar-refractivity contribution is -0.112. The highest BCUT2D eigenvalue weighted by molar-refractivity contribution is 6.31. The molecule has 32 heavy (non-hydrogen) atoms. The molecule has 0 bridgehead atoms. The zero-order valence-electron chi connectivity index (χ0n) is 18.1. The summed E-state index contributed by atoms with van der Waals surface area (Å²) in [7, 11) is 1.54. The minimum Gasteiger partial charge on any atom is -0.493 e. The molecule has 0 aromatic heterocycles. The number of carbonyl (C=O) groups is 1. The Labute approximate surface area is 192 Å². The average Bonchev–Trinajstić information content (AvgIpc) is 2.78. The average molecular weight is 447 g/mol. The fourth-order valence-electron chi connectivity index (χ4n) is 3.04. The van der Waals surface area contributed by atoms with Gasteiger partial charge in [0, 0.05) is 10.7 Å². The van der Waals surface area contributed by atoms with E-state index in [2.05, 4.69) is 11.4 Å². The van der Waals surface area contributed by atoms with Gasteiger partial charge in [-0.15, -0.1) is 0 Å². The fourth-order valence-corrected chi connectivity index (χ4v) is 3.22. The van der Waals surface area contributed by atoms with Crippen LogP contribution in [0.1, 0.15) is 22.3 Å². The van der Waals surface area contributed by atoms with Gasteiger partial charge in [0.05, 0.1) is 7.11 Å². The van der Waals surface area contributed by atoms with Crippen LogP contribution in [0.15, 0.2) is 66.2 Å². The van der Waals surface area contributed by atoms with Crippen LogP contribution in [-0.2, 0) is 11.4 Å². The zero-order valence-corrected chi connectivity index (χ0v) is 18.9. The molecular weight excluding hydrogens is 424 g/mol. The Morgan fingerprint density at radius 3 is 2.59 bits per heavy atom. The molecule has 0 unspecified atom stereocenters. The number of nitrogens with zero attached hydrogens (tertiary/aromatic N) is 1. The van der Waals surface area contributed by atoms with Crippen LogP contribution in [0.4, 0.5) is 5.69 Å². The zero-order chi connectivity index (χ0) is 23.1. The largest absolute Gasteiger partial charge is 0.493 e. The van der Waals surface area contributed by atoms with Crippen LogP contribution in [0.3, 0.4) is 0 Å². The van der Waals surface area contributed by atoms with Gasteiger partial charge in [-0.3, -0.25) is 4.79 Å². The van der Waals surface area contributed by atoms with Crippen molar-refractivity contribution in [2.24, 2.45) is 0 Å². The maximum atomic E-state index is 12.6. The van der Waals surface area contributed by atoms with Crippen molar-refractivity contribution in [3.8, 4) is 17.6 Å². The van der Waals surface area contributed by atoms with E-state index < -0.39 is 5.91 Å². The molecule has 3 rings (SSSR count). The van der Waals surface area contributed by atoms with Gasteiger partial charge in [-0.1, -0.05) is 53.6 Å². The van der Waals surface area contributed by atoms with Crippen LogP contribution < -0.4 is 14.8 Å². The second-order valence-electron chi connectivity index (χ2n) is 7.28. The summed E-state index contributed by atoms with van der Waals surface area (Å²) in [6, 6.07) is 20.4. The smallest absolute Gasteiger partial charge is 0.266 e. The lowest BCUT2D eigenvalue weighted by Gasteiger charge is -2.12. The van der Waals surface area contributed by atoms with Gasteiger partial charge in [0.1, 0.15) is 18.2 Å². The number of benzene rings is 3. The van der Waals surface area contributed by atoms with Crippen LogP contribution in [0.2, 0.25) is 5.02 Å². The molecule has 0 saturated carbocycles. The third kappa shape index (κ3) is 5.90. The van der Waals surface area contributed by atoms with Gasteiger partial charge in [-0.05, 0) is 60.9 Å². The maximum absolute atomic E-state index is 12.6. The third-order valence-electron chi connectivity index (χ3n) is 4.77. The summed E-state index contributed by atoms with van der Waals surface area (Å²) in [4.78, 5) is 12.6. The molecule has 0 saturated heterocycles. The molecule has 0 fully saturated rings. The van der Waals surface area contributed by atoms with Gasteiger partial charge < -0.3 is 14.8 Å². The van der Waals surface area contributed by atoms with Gasteiger partial charge in [-0.25, -0.2) is 0 Å². The van der Waals surface area contributed by atoms with Crippen molar-refractivity contribution in [3.05, 3.63) is 93.5 Å². The summed E-state index contributed by atoms with van der Waals surface area (Å²) in [5.74, 6) is 0.559. The Morgan fingerprint density at radius 2 is 1.91 bits per heavy atom. The fraction of sp³-hybridized carbons (Fsp3) is 0.154. The van der Waals surface area contributed by atoms with E-state index in [1.165, 1.54) is 6.08 Å². The monoisotopic (exact) mass is 446 g/mol. The highest BCUT2D eigenvalue weighted by atomic mass is 35.5. The molecule has 0 aliphatic rings. The van der Waals surface area contributed by atoms with E-state index in [0.29, 0.717) is 34.4 Å². The SMILES string of the molecule is COc1cc(/C=C(\C#N)C(=O)Nc2ccc(C)c(Cl)c2)ccc1OCc1cccc(C)c1. The van der Waals surface area contributed by atoms with Gasteiger partial charge in [0.25, 0.3) is 5.91 Å². The van der Waals surface area contributed by atoms with Crippen LogP contribution in [0.5, 0.6) is 11.5 Å². The quantitative estimate of drug-likeness (QED) is 0.352. The Hall–Kier alpha value is -3.75. The first-order chi connectivity index (χ1) is 15.4. The number of methoxy groups -OCH3 is 1. The summed E-state index contributed by atoms with van der Waals surface area (Å²) in [5.41, 5.74) is 4.22. The molecule has 6 heteroatoms. The Balaban J connectivity index is 1.76. The van der Waals surface area contributed by atoms with Gasteiger partial charge in [0.15, 0.2) is 11.5 Å². The van der Waals surface area contributed by atoms with E-state index in [1.807, 2.05) is 38.1 Å². The summed E-state index contributed by atoms with van der Waals surface area (Å²) in [6.45, 7) is 4.30. The second-order valence-corrected chi connectivity index (χ2v) is 7.68. The number of ether oxygens (including phenoxy) is 2. The normalized spacial score (nSPS) is 10.9. The molecule has 1 N–H and O–H groups in total. The van der Waals surface area contributed by atoms with Crippen molar-refractivity contribution in [1.29, 1.82) is 5.26 Å². The summed E-state index contributed by atoms with van der Waals surface area (Å²) < 4.78 is 11.3. The van der Waals surface area contributed by atoms with E-state index in [0.717, 1.165) is 16.7 Å². The Morgan fingerprint density at radius 1 is 1.09 bits per heavy atom. The number of hydrogen-bond donors (Lipinski definition) is 1. The highest BCUT2D eigenvalue weighted by Gasteiger charge is 2.12. The number of aryl methyl sites for hydroxylation is 2. The number of hydrogen-bond acceptors (Lipinski definition) is 4. The van der Waals surface area contributed by atoms with E-state index in [4.69, 9.17) is 21.1 Å². The van der Waals surface area contributed by atoms with Crippen LogP contribution >= 0.6 is 11.6 Å². The molecule has 0 atom stereocenters. The molecule has 162 valence electrons. The molecule has 0 spiro atoms. The first-order valence-electron chi connectivity index (χ1n) is 9.95. The lowest BCUT2D eigenvalue weighted by atomic mass is 10.1. The van der Waals surface area contributed by atoms with E-state index >= 15 is 0 Å². The molecule has 0 heterocycles. The predicted molar refractivity (Wildman–Crippen MR) is 127 cm³/mol. The van der Waals surface area contributed by atoms with E-state index in [9.17, 15) is 10.1 Å². The van der Waals surface area contributed by atoms with Gasteiger partial charge in [-0.2, -0.15) is 5.26 Å². The Bertz CT molecular complexity index is 1210. The van der Waals surface area contributed by atoms with Crippen molar-refractivity contribution < 1.29 is 14.3 Å². The number of nitriles is 1. The first-order valence-corrected chi connectivity index (χ1v) is 10.3. The summed E-state index contributed by atoms with van der Waals surface area (Å²) in [5, 5.41) is 12.7. The van der Waals surface area contributed by atoms with Crippen LogP contribution in [0.25, 0.3) is 6.08 Å². The van der Waals surface area contributed by atoms with Crippen molar-refractivity contribution in [2.45, 2.75) is 20.5 Å². The summed E-state index contributed by atoms with van der Waals surface area (Å²) in [6.07, 6.45) is 1.50. The number of anilines is 1. The molecule has 3 aromatic carbocycles. The number of carbonyl (C=O) groups excluding carboxylic acids is 1. The molecular formula is C26H23ClN2O3. The van der Waals surface area contributed by atoms with E-state index in [-0.39, 0.29) is 5.57 Å². The lowest BCUT2D eigenvalue weighted by Crippen LogP contribution is -2.13. The minimum absolute atomic E-state index is 0.0443. The molecule has 0 aliphatic carbocycles. The highest BCUT2D eigenvalue weighted by Crippen LogP contribution is 2.30. The van der Waals surface area contributed by atoms with Gasteiger partial charge in [0.2, 0.25) is 0 Å². The van der Waals surface area contributed by atoms with Crippen LogP contribution in [0, 0.1) is 25.2 Å². The standard InChI is InChI=1S/C26H23ClN2O3/c1-17-5-4-6-20(11-17)16-32-24-10-8-19(13-25(24)31-3)12-21(15-28)26(30)29-22-9-7-18(2)23(27)14-22/h4-14H,16H2,1-3H3,(H,29,30)/b21-12+. The predicted octanol–water partition coefficient (Wildman–Crippen LogP) is 6.09. The minimum atomic E-state index is -0.522. The van der Waals surface area contributed by atoms with Crippen molar-refractivity contribution in [2.75, 3.05) is 12.4 Å². The molecule has 5 nitrogen and oxygen atoms in total. The van der Waals surface area contributed by atoms with Crippen molar-refractivity contribution >= 4 is 29.3 Å². The van der Waals surface area contributed by atoms with Crippen LogP contribution in [-0.4, -0.2) is 13.0 Å². The molecule has 3 aromatic rings. The third-order valence-corrected chi connectivity index (χ3v) is 5.18. The van der Waals surface area contributed by atoms with Gasteiger partial charge >= 0.3 is 0 Å². The molecule has 0 radical (unpaired) electrons.